The molecule has 0 fully saturated rings. The number of aliphatic carboxylic acids is 1. The first-order chi connectivity index (χ1) is 8.88. The smallest absolute Gasteiger partial charge is 0.326 e. The van der Waals surface area contributed by atoms with Gasteiger partial charge in [-0.15, -0.1) is 0 Å². The van der Waals surface area contributed by atoms with Gasteiger partial charge in [-0.2, -0.15) is 4.39 Å². The van der Waals surface area contributed by atoms with Gasteiger partial charge in [-0.3, -0.25) is 4.79 Å². The molecule has 0 aliphatic heterocycles. The fourth-order valence-electron chi connectivity index (χ4n) is 1.50. The maximum absolute atomic E-state index is 13.3. The van der Waals surface area contributed by atoms with Gasteiger partial charge in [0.05, 0.1) is 5.56 Å². The summed E-state index contributed by atoms with van der Waals surface area (Å²) in [5, 5.41) is 11.2. The molecule has 7 heteroatoms. The van der Waals surface area contributed by atoms with Crippen molar-refractivity contribution in [2.24, 2.45) is 5.92 Å². The fourth-order valence-corrected chi connectivity index (χ4v) is 1.50. The van der Waals surface area contributed by atoms with Crippen molar-refractivity contribution in [1.82, 2.24) is 10.3 Å². The second kappa shape index (κ2) is 6.21. The Kier molecular flexibility index (Phi) is 4.91. The van der Waals surface area contributed by atoms with E-state index < -0.39 is 35.2 Å². The summed E-state index contributed by atoms with van der Waals surface area (Å²) in [6.45, 7) is 3.40. The first-order valence-corrected chi connectivity index (χ1v) is 5.72. The highest BCUT2D eigenvalue weighted by Crippen LogP contribution is 2.12. The number of aromatic nitrogens is 1. The number of halogens is 2. The number of carbonyl (C=O) groups is 2. The Balaban J connectivity index is 2.94. The SMILES string of the molecule is CCC(C)C(NC(=O)c1ccnc(F)c1F)C(=O)O. The van der Waals surface area contributed by atoms with Gasteiger partial charge in [-0.25, -0.2) is 14.2 Å². The zero-order chi connectivity index (χ0) is 14.6. The minimum atomic E-state index is -1.40. The van der Waals surface area contributed by atoms with Crippen LogP contribution in [0, 0.1) is 17.7 Å². The highest BCUT2D eigenvalue weighted by Gasteiger charge is 2.27. The average molecular weight is 272 g/mol. The minimum absolute atomic E-state index is 0.337. The molecular formula is C12H14F2N2O3. The molecule has 0 bridgehead atoms. The third-order valence-electron chi connectivity index (χ3n) is 2.86. The van der Waals surface area contributed by atoms with E-state index in [4.69, 9.17) is 5.11 Å². The van der Waals surface area contributed by atoms with Crippen molar-refractivity contribution in [2.45, 2.75) is 26.3 Å². The summed E-state index contributed by atoms with van der Waals surface area (Å²) >= 11 is 0. The van der Waals surface area contributed by atoms with Gasteiger partial charge in [0.15, 0.2) is 5.82 Å². The Morgan fingerprint density at radius 3 is 2.63 bits per heavy atom. The second-order valence-corrected chi connectivity index (χ2v) is 4.14. The molecule has 0 radical (unpaired) electrons. The zero-order valence-electron chi connectivity index (χ0n) is 10.5. The summed E-state index contributed by atoms with van der Waals surface area (Å²) in [6.07, 6.45) is 1.46. The lowest BCUT2D eigenvalue weighted by Crippen LogP contribution is -2.45. The lowest BCUT2D eigenvalue weighted by molar-refractivity contribution is -0.140. The van der Waals surface area contributed by atoms with E-state index in [-0.39, 0.29) is 5.92 Å². The molecule has 2 unspecified atom stereocenters. The maximum Gasteiger partial charge on any atom is 0.326 e. The Morgan fingerprint density at radius 1 is 1.47 bits per heavy atom. The number of hydrogen-bond acceptors (Lipinski definition) is 3. The summed E-state index contributed by atoms with van der Waals surface area (Å²) in [6, 6.07) is -0.170. The maximum atomic E-state index is 13.3. The highest BCUT2D eigenvalue weighted by molar-refractivity contribution is 5.96. The number of amides is 1. The molecule has 0 aromatic carbocycles. The fraction of sp³-hybridized carbons (Fsp3) is 0.417. The largest absolute Gasteiger partial charge is 0.480 e. The Labute approximate surface area is 108 Å². The van der Waals surface area contributed by atoms with Crippen molar-refractivity contribution in [3.05, 3.63) is 29.6 Å². The molecule has 0 spiro atoms. The van der Waals surface area contributed by atoms with E-state index in [0.29, 0.717) is 6.42 Å². The highest BCUT2D eigenvalue weighted by atomic mass is 19.2. The van der Waals surface area contributed by atoms with Crippen LogP contribution in [0.15, 0.2) is 12.3 Å². The van der Waals surface area contributed by atoms with E-state index in [0.717, 1.165) is 12.3 Å². The standard InChI is InChI=1S/C12H14F2N2O3/c1-3-6(2)9(12(18)19)16-11(17)7-4-5-15-10(14)8(7)13/h4-6,9H,3H2,1-2H3,(H,16,17)(H,18,19). The van der Waals surface area contributed by atoms with Crippen LogP contribution >= 0.6 is 0 Å². The van der Waals surface area contributed by atoms with Gasteiger partial charge < -0.3 is 10.4 Å². The summed E-state index contributed by atoms with van der Waals surface area (Å²) in [4.78, 5) is 25.8. The van der Waals surface area contributed by atoms with E-state index in [1.54, 1.807) is 13.8 Å². The van der Waals surface area contributed by atoms with Crippen LogP contribution in [0.25, 0.3) is 0 Å². The number of carboxylic acid groups (broad SMARTS) is 1. The van der Waals surface area contributed by atoms with Crippen molar-refractivity contribution >= 4 is 11.9 Å². The van der Waals surface area contributed by atoms with Gasteiger partial charge in [0.25, 0.3) is 5.91 Å². The van der Waals surface area contributed by atoms with Gasteiger partial charge >= 0.3 is 5.97 Å². The molecule has 0 aliphatic rings. The summed E-state index contributed by atoms with van der Waals surface area (Å²) in [5.74, 6) is -5.34. The van der Waals surface area contributed by atoms with Crippen LogP contribution < -0.4 is 5.32 Å². The number of carbonyl (C=O) groups excluding carboxylic acids is 1. The summed E-state index contributed by atoms with van der Waals surface area (Å²) < 4.78 is 26.2. The summed E-state index contributed by atoms with van der Waals surface area (Å²) in [5.41, 5.74) is -0.568. The Morgan fingerprint density at radius 2 is 2.11 bits per heavy atom. The molecule has 5 nitrogen and oxygen atoms in total. The molecule has 1 aromatic rings. The van der Waals surface area contributed by atoms with E-state index in [2.05, 4.69) is 10.3 Å². The molecule has 1 heterocycles. The molecular weight excluding hydrogens is 258 g/mol. The van der Waals surface area contributed by atoms with Crippen LogP contribution in [-0.4, -0.2) is 28.0 Å². The molecule has 0 saturated heterocycles. The van der Waals surface area contributed by atoms with Crippen molar-refractivity contribution in [3.63, 3.8) is 0 Å². The molecule has 1 amide bonds. The number of hydrogen-bond donors (Lipinski definition) is 2. The molecule has 2 N–H and O–H groups in total. The average Bonchev–Trinajstić information content (AvgIpc) is 2.37. The molecule has 104 valence electrons. The molecule has 1 aromatic heterocycles. The molecule has 19 heavy (non-hydrogen) atoms. The molecule has 2 atom stereocenters. The number of pyridine rings is 1. The van der Waals surface area contributed by atoms with Crippen molar-refractivity contribution in [1.29, 1.82) is 0 Å². The third kappa shape index (κ3) is 3.46. The normalized spacial score (nSPS) is 13.7. The molecule has 0 aliphatic carbocycles. The Bertz CT molecular complexity index is 494. The number of rotatable bonds is 5. The van der Waals surface area contributed by atoms with Gasteiger partial charge in [0.2, 0.25) is 5.95 Å². The molecule has 0 saturated carbocycles. The topological polar surface area (TPSA) is 79.3 Å². The van der Waals surface area contributed by atoms with Crippen molar-refractivity contribution in [2.75, 3.05) is 0 Å². The lowest BCUT2D eigenvalue weighted by atomic mass is 9.99. The van der Waals surface area contributed by atoms with E-state index in [1.807, 2.05) is 0 Å². The van der Waals surface area contributed by atoms with E-state index >= 15 is 0 Å². The van der Waals surface area contributed by atoms with E-state index in [1.165, 1.54) is 0 Å². The van der Waals surface area contributed by atoms with Crippen molar-refractivity contribution in [3.8, 4) is 0 Å². The second-order valence-electron chi connectivity index (χ2n) is 4.14. The predicted octanol–water partition coefficient (Wildman–Crippen LogP) is 1.59. The van der Waals surface area contributed by atoms with Crippen LogP contribution in [-0.2, 0) is 4.79 Å². The number of carboxylic acids is 1. The quantitative estimate of drug-likeness (QED) is 0.798. The minimum Gasteiger partial charge on any atom is -0.480 e. The Hall–Kier alpha value is -2.05. The van der Waals surface area contributed by atoms with Crippen molar-refractivity contribution < 1.29 is 23.5 Å². The third-order valence-corrected chi connectivity index (χ3v) is 2.86. The van der Waals surface area contributed by atoms with Gasteiger partial charge in [0.1, 0.15) is 6.04 Å². The van der Waals surface area contributed by atoms with Crippen LogP contribution in [0.3, 0.4) is 0 Å². The van der Waals surface area contributed by atoms with Gasteiger partial charge in [-0.05, 0) is 12.0 Å². The first-order valence-electron chi connectivity index (χ1n) is 5.72. The first kappa shape index (κ1) is 15.0. The zero-order valence-corrected chi connectivity index (χ0v) is 10.5. The van der Waals surface area contributed by atoms with Crippen LogP contribution in [0.4, 0.5) is 8.78 Å². The summed E-state index contributed by atoms with van der Waals surface area (Å²) in [7, 11) is 0. The van der Waals surface area contributed by atoms with Crippen LogP contribution in [0.1, 0.15) is 30.6 Å². The predicted molar refractivity (Wildman–Crippen MR) is 62.5 cm³/mol. The van der Waals surface area contributed by atoms with Gasteiger partial charge in [0, 0.05) is 6.20 Å². The van der Waals surface area contributed by atoms with Gasteiger partial charge in [-0.1, -0.05) is 20.3 Å². The van der Waals surface area contributed by atoms with Crippen LogP contribution in [0.2, 0.25) is 0 Å². The monoisotopic (exact) mass is 272 g/mol. The van der Waals surface area contributed by atoms with E-state index in [9.17, 15) is 18.4 Å². The van der Waals surface area contributed by atoms with Crippen LogP contribution in [0.5, 0.6) is 0 Å². The number of nitrogens with zero attached hydrogens (tertiary/aromatic N) is 1. The lowest BCUT2D eigenvalue weighted by Gasteiger charge is -2.20. The number of nitrogens with one attached hydrogen (secondary N) is 1. The molecule has 1 rings (SSSR count).